The van der Waals surface area contributed by atoms with Gasteiger partial charge in [-0.25, -0.2) is 9.59 Å². The molecule has 3 N–H and O–H groups in total. The minimum Gasteiger partial charge on any atom is -0.478 e. The Bertz CT molecular complexity index is 510. The normalized spacial score (nSPS) is 12.0. The first-order chi connectivity index (χ1) is 9.88. The monoisotopic (exact) mass is 292 g/mol. The van der Waals surface area contributed by atoms with Gasteiger partial charge in [-0.2, -0.15) is 0 Å². The Morgan fingerprint density at radius 1 is 1.24 bits per heavy atom. The standard InChI is InChI=1S/C16H24N2O3/c1-5-12(6-2)11(4)17-16(21)18-14-8-7-10(3)9-13(14)15(19)20/h7-9,11-12H,5-6H2,1-4H3,(H,19,20)(H2,17,18,21). The molecule has 0 saturated heterocycles. The molecule has 0 aromatic heterocycles. The maximum absolute atomic E-state index is 12.0. The average Bonchev–Trinajstić information content (AvgIpc) is 2.41. The molecule has 0 saturated carbocycles. The van der Waals surface area contributed by atoms with Gasteiger partial charge in [-0.15, -0.1) is 0 Å². The number of benzene rings is 1. The van der Waals surface area contributed by atoms with Gasteiger partial charge in [0.25, 0.3) is 0 Å². The Morgan fingerprint density at radius 2 is 1.86 bits per heavy atom. The van der Waals surface area contributed by atoms with Crippen molar-refractivity contribution in [2.75, 3.05) is 5.32 Å². The van der Waals surface area contributed by atoms with Crippen LogP contribution in [0.5, 0.6) is 0 Å². The van der Waals surface area contributed by atoms with Crippen LogP contribution in [0.4, 0.5) is 10.5 Å². The van der Waals surface area contributed by atoms with Crippen LogP contribution in [0.3, 0.4) is 0 Å². The van der Waals surface area contributed by atoms with Crippen LogP contribution < -0.4 is 10.6 Å². The highest BCUT2D eigenvalue weighted by Gasteiger charge is 2.17. The maximum Gasteiger partial charge on any atom is 0.337 e. The molecule has 1 aromatic rings. The van der Waals surface area contributed by atoms with E-state index >= 15 is 0 Å². The zero-order valence-electron chi connectivity index (χ0n) is 13.1. The van der Waals surface area contributed by atoms with Crippen LogP contribution in [-0.2, 0) is 0 Å². The third-order valence-electron chi connectivity index (χ3n) is 3.77. The van der Waals surface area contributed by atoms with Crippen molar-refractivity contribution >= 4 is 17.7 Å². The molecule has 0 heterocycles. The number of nitrogens with one attached hydrogen (secondary N) is 2. The van der Waals surface area contributed by atoms with Crippen molar-refractivity contribution in [3.05, 3.63) is 29.3 Å². The van der Waals surface area contributed by atoms with Crippen molar-refractivity contribution in [1.82, 2.24) is 5.32 Å². The molecule has 0 fully saturated rings. The van der Waals surface area contributed by atoms with Crippen molar-refractivity contribution in [1.29, 1.82) is 0 Å². The fourth-order valence-corrected chi connectivity index (χ4v) is 2.42. The van der Waals surface area contributed by atoms with Gasteiger partial charge in [0, 0.05) is 6.04 Å². The number of carbonyl (C=O) groups excluding carboxylic acids is 1. The van der Waals surface area contributed by atoms with E-state index in [2.05, 4.69) is 24.5 Å². The lowest BCUT2D eigenvalue weighted by Crippen LogP contribution is -2.40. The smallest absolute Gasteiger partial charge is 0.337 e. The zero-order valence-corrected chi connectivity index (χ0v) is 13.1. The molecule has 5 nitrogen and oxygen atoms in total. The highest BCUT2D eigenvalue weighted by atomic mass is 16.4. The second-order valence-electron chi connectivity index (χ2n) is 5.32. The summed E-state index contributed by atoms with van der Waals surface area (Å²) in [5.41, 5.74) is 1.24. The summed E-state index contributed by atoms with van der Waals surface area (Å²) in [7, 11) is 0. The van der Waals surface area contributed by atoms with Crippen LogP contribution in [0.2, 0.25) is 0 Å². The van der Waals surface area contributed by atoms with E-state index in [1.165, 1.54) is 0 Å². The maximum atomic E-state index is 12.0. The van der Waals surface area contributed by atoms with Crippen LogP contribution in [-0.4, -0.2) is 23.1 Å². The van der Waals surface area contributed by atoms with Gasteiger partial charge in [0.15, 0.2) is 0 Å². The Morgan fingerprint density at radius 3 is 2.38 bits per heavy atom. The van der Waals surface area contributed by atoms with E-state index in [1.54, 1.807) is 18.2 Å². The second-order valence-corrected chi connectivity index (χ2v) is 5.32. The molecule has 0 aliphatic carbocycles. The number of aryl methyl sites for hydroxylation is 1. The van der Waals surface area contributed by atoms with E-state index in [1.807, 2.05) is 13.8 Å². The topological polar surface area (TPSA) is 78.4 Å². The predicted octanol–water partition coefficient (Wildman–Crippen LogP) is 3.64. The van der Waals surface area contributed by atoms with Gasteiger partial charge in [0.2, 0.25) is 0 Å². The summed E-state index contributed by atoms with van der Waals surface area (Å²) in [6.07, 6.45) is 1.98. The summed E-state index contributed by atoms with van der Waals surface area (Å²) in [5.74, 6) is -0.644. The molecule has 116 valence electrons. The third-order valence-corrected chi connectivity index (χ3v) is 3.77. The van der Waals surface area contributed by atoms with Crippen molar-refractivity contribution in [2.24, 2.45) is 5.92 Å². The Kier molecular flexibility index (Phi) is 6.21. The fourth-order valence-electron chi connectivity index (χ4n) is 2.42. The van der Waals surface area contributed by atoms with Gasteiger partial charge < -0.3 is 15.7 Å². The number of anilines is 1. The molecule has 0 bridgehead atoms. The lowest BCUT2D eigenvalue weighted by atomic mass is 9.96. The first-order valence-corrected chi connectivity index (χ1v) is 7.30. The van der Waals surface area contributed by atoms with E-state index in [0.29, 0.717) is 11.6 Å². The summed E-state index contributed by atoms with van der Waals surface area (Å²) in [6, 6.07) is 4.59. The van der Waals surface area contributed by atoms with Gasteiger partial charge in [-0.3, -0.25) is 0 Å². The molecule has 1 unspecified atom stereocenters. The lowest BCUT2D eigenvalue weighted by Gasteiger charge is -2.22. The van der Waals surface area contributed by atoms with Crippen molar-refractivity contribution < 1.29 is 14.7 Å². The van der Waals surface area contributed by atoms with Gasteiger partial charge >= 0.3 is 12.0 Å². The van der Waals surface area contributed by atoms with Crippen LogP contribution in [0.15, 0.2) is 18.2 Å². The number of carboxylic acids is 1. The Labute approximate surface area is 125 Å². The average molecular weight is 292 g/mol. The van der Waals surface area contributed by atoms with Crippen LogP contribution in [0, 0.1) is 12.8 Å². The summed E-state index contributed by atoms with van der Waals surface area (Å²) < 4.78 is 0. The summed E-state index contributed by atoms with van der Waals surface area (Å²) in [6.45, 7) is 7.95. The van der Waals surface area contributed by atoms with Gasteiger partial charge in [0.1, 0.15) is 0 Å². The van der Waals surface area contributed by atoms with Crippen LogP contribution >= 0.6 is 0 Å². The summed E-state index contributed by atoms with van der Waals surface area (Å²) in [4.78, 5) is 23.2. The summed E-state index contributed by atoms with van der Waals surface area (Å²) in [5, 5.41) is 14.7. The van der Waals surface area contributed by atoms with Gasteiger partial charge in [-0.1, -0.05) is 38.3 Å². The number of aromatic carboxylic acids is 1. The molecular formula is C16H24N2O3. The lowest BCUT2D eigenvalue weighted by molar-refractivity contribution is 0.0698. The van der Waals surface area contributed by atoms with Crippen LogP contribution in [0.25, 0.3) is 0 Å². The Hall–Kier alpha value is -2.04. The van der Waals surface area contributed by atoms with Gasteiger partial charge in [-0.05, 0) is 31.9 Å². The number of hydrogen-bond donors (Lipinski definition) is 3. The van der Waals surface area contributed by atoms with E-state index in [-0.39, 0.29) is 17.6 Å². The number of carbonyl (C=O) groups is 2. The van der Waals surface area contributed by atoms with E-state index in [0.717, 1.165) is 18.4 Å². The predicted molar refractivity (Wildman–Crippen MR) is 83.8 cm³/mol. The molecule has 0 aliphatic heterocycles. The molecule has 1 atom stereocenters. The van der Waals surface area contributed by atoms with Crippen molar-refractivity contribution in [3.8, 4) is 0 Å². The molecule has 0 radical (unpaired) electrons. The first kappa shape index (κ1) is 17.0. The molecule has 2 amide bonds. The third kappa shape index (κ3) is 4.77. The number of rotatable bonds is 6. The molecule has 1 aromatic carbocycles. The molecule has 5 heteroatoms. The highest BCUT2D eigenvalue weighted by molar-refractivity contribution is 6.00. The fraction of sp³-hybridized carbons (Fsp3) is 0.500. The zero-order chi connectivity index (χ0) is 16.0. The minimum atomic E-state index is -1.05. The number of hydrogen-bond acceptors (Lipinski definition) is 2. The Balaban J connectivity index is 2.77. The number of amides is 2. The van der Waals surface area contributed by atoms with Crippen molar-refractivity contribution in [3.63, 3.8) is 0 Å². The van der Waals surface area contributed by atoms with Crippen LogP contribution in [0.1, 0.15) is 49.5 Å². The van der Waals surface area contributed by atoms with E-state index in [9.17, 15) is 14.7 Å². The molecule has 0 aliphatic rings. The van der Waals surface area contributed by atoms with E-state index < -0.39 is 5.97 Å². The minimum absolute atomic E-state index is 0.0405. The molecule has 21 heavy (non-hydrogen) atoms. The first-order valence-electron chi connectivity index (χ1n) is 7.30. The molecule has 0 spiro atoms. The summed E-state index contributed by atoms with van der Waals surface area (Å²) >= 11 is 0. The second kappa shape index (κ2) is 7.67. The van der Waals surface area contributed by atoms with Gasteiger partial charge in [0.05, 0.1) is 11.3 Å². The highest BCUT2D eigenvalue weighted by Crippen LogP contribution is 2.18. The quantitative estimate of drug-likeness (QED) is 0.749. The largest absolute Gasteiger partial charge is 0.478 e. The SMILES string of the molecule is CCC(CC)C(C)NC(=O)Nc1ccc(C)cc1C(=O)O. The number of carboxylic acid groups (broad SMARTS) is 1. The molecule has 1 rings (SSSR count). The van der Waals surface area contributed by atoms with E-state index in [4.69, 9.17) is 0 Å². The number of urea groups is 1. The van der Waals surface area contributed by atoms with Crippen molar-refractivity contribution in [2.45, 2.75) is 46.6 Å². The molecular weight excluding hydrogens is 268 g/mol.